The number of hydrogen-bond donors (Lipinski definition) is 2. The van der Waals surface area contributed by atoms with Gasteiger partial charge in [-0.05, 0) is 56.8 Å². The standard InChI is InChI=1S/C25H41N5.HI/c1-21(2)19-30-16-12-24(13-17-30)28-25(26-3)27-18-22-10-6-7-11-23(22)20-29-14-8-4-5-9-15-29;/h6-7,10-11,24H,1,4-5,8-9,12-20H2,2-3H3,(H2,26,27,28);1H. The smallest absolute Gasteiger partial charge is 0.191 e. The molecule has 0 spiro atoms. The van der Waals surface area contributed by atoms with Crippen LogP contribution >= 0.6 is 24.0 Å². The predicted octanol–water partition coefficient (Wildman–Crippen LogP) is 4.39. The van der Waals surface area contributed by atoms with Crippen molar-refractivity contribution in [3.63, 3.8) is 0 Å². The topological polar surface area (TPSA) is 42.9 Å². The molecule has 2 saturated heterocycles. The first-order chi connectivity index (χ1) is 14.6. The summed E-state index contributed by atoms with van der Waals surface area (Å²) in [6, 6.07) is 9.35. The van der Waals surface area contributed by atoms with E-state index in [9.17, 15) is 0 Å². The summed E-state index contributed by atoms with van der Waals surface area (Å²) in [6.07, 6.45) is 7.74. The van der Waals surface area contributed by atoms with Gasteiger partial charge in [0.2, 0.25) is 0 Å². The highest BCUT2D eigenvalue weighted by Gasteiger charge is 2.20. The Morgan fingerprint density at radius 3 is 2.26 bits per heavy atom. The molecule has 31 heavy (non-hydrogen) atoms. The van der Waals surface area contributed by atoms with Crippen LogP contribution in [0.15, 0.2) is 41.4 Å². The molecule has 5 nitrogen and oxygen atoms in total. The molecule has 0 saturated carbocycles. The second-order valence-corrected chi connectivity index (χ2v) is 9.04. The molecule has 2 aliphatic heterocycles. The highest BCUT2D eigenvalue weighted by atomic mass is 127. The fourth-order valence-electron chi connectivity index (χ4n) is 4.60. The molecule has 0 unspecified atom stereocenters. The van der Waals surface area contributed by atoms with Gasteiger partial charge in [0.25, 0.3) is 0 Å². The molecule has 1 aromatic rings. The van der Waals surface area contributed by atoms with Crippen LogP contribution in [0.1, 0.15) is 56.6 Å². The van der Waals surface area contributed by atoms with Crippen molar-refractivity contribution in [3.05, 3.63) is 47.5 Å². The van der Waals surface area contributed by atoms with Crippen molar-refractivity contribution in [2.24, 2.45) is 4.99 Å². The zero-order valence-corrected chi connectivity index (χ0v) is 21.9. The minimum absolute atomic E-state index is 0. The van der Waals surface area contributed by atoms with Crippen LogP contribution in [-0.2, 0) is 13.1 Å². The Kier molecular flexibility index (Phi) is 11.9. The number of nitrogens with zero attached hydrogens (tertiary/aromatic N) is 3. The first-order valence-electron chi connectivity index (χ1n) is 11.8. The SMILES string of the molecule is C=C(C)CN1CCC(NC(=NC)NCc2ccccc2CN2CCCCCC2)CC1.I. The van der Waals surface area contributed by atoms with Crippen molar-refractivity contribution in [2.45, 2.75) is 64.6 Å². The number of likely N-dealkylation sites (tertiary alicyclic amines) is 2. The van der Waals surface area contributed by atoms with E-state index in [0.717, 1.165) is 51.5 Å². The predicted molar refractivity (Wildman–Crippen MR) is 143 cm³/mol. The number of hydrogen-bond acceptors (Lipinski definition) is 3. The Labute approximate surface area is 206 Å². The molecule has 0 aliphatic carbocycles. The largest absolute Gasteiger partial charge is 0.354 e. The minimum atomic E-state index is 0. The zero-order valence-electron chi connectivity index (χ0n) is 19.5. The fraction of sp³-hybridized carbons (Fsp3) is 0.640. The lowest BCUT2D eigenvalue weighted by molar-refractivity contribution is 0.221. The molecule has 2 heterocycles. The quantitative estimate of drug-likeness (QED) is 0.234. The van der Waals surface area contributed by atoms with Gasteiger partial charge in [0.05, 0.1) is 0 Å². The maximum atomic E-state index is 4.48. The Hall–Kier alpha value is -1.12. The molecule has 0 atom stereocenters. The third kappa shape index (κ3) is 9.10. The normalized spacial score (nSPS) is 19.4. The number of benzene rings is 1. The van der Waals surface area contributed by atoms with Gasteiger partial charge in [0.15, 0.2) is 5.96 Å². The van der Waals surface area contributed by atoms with Crippen LogP contribution in [0.4, 0.5) is 0 Å². The third-order valence-electron chi connectivity index (χ3n) is 6.30. The van der Waals surface area contributed by atoms with Gasteiger partial charge in [-0.1, -0.05) is 49.3 Å². The van der Waals surface area contributed by atoms with Crippen LogP contribution in [-0.4, -0.2) is 61.6 Å². The van der Waals surface area contributed by atoms with E-state index in [4.69, 9.17) is 0 Å². The fourth-order valence-corrected chi connectivity index (χ4v) is 4.60. The van der Waals surface area contributed by atoms with Crippen molar-refractivity contribution in [2.75, 3.05) is 39.8 Å². The average molecular weight is 540 g/mol. The number of nitrogens with one attached hydrogen (secondary N) is 2. The van der Waals surface area contributed by atoms with E-state index in [1.54, 1.807) is 0 Å². The van der Waals surface area contributed by atoms with Gasteiger partial charge >= 0.3 is 0 Å². The summed E-state index contributed by atoms with van der Waals surface area (Å²) in [6.45, 7) is 13.8. The second kappa shape index (κ2) is 14.1. The van der Waals surface area contributed by atoms with Gasteiger partial charge in [-0.2, -0.15) is 0 Å². The Morgan fingerprint density at radius 2 is 1.65 bits per heavy atom. The summed E-state index contributed by atoms with van der Waals surface area (Å²) in [4.78, 5) is 9.60. The number of aliphatic imine (C=N–C) groups is 1. The minimum Gasteiger partial charge on any atom is -0.354 e. The van der Waals surface area contributed by atoms with Crippen LogP contribution in [0.25, 0.3) is 0 Å². The summed E-state index contributed by atoms with van der Waals surface area (Å²) in [7, 11) is 1.87. The van der Waals surface area contributed by atoms with E-state index in [-0.39, 0.29) is 24.0 Å². The lowest BCUT2D eigenvalue weighted by Gasteiger charge is -2.33. The van der Waals surface area contributed by atoms with Gasteiger partial charge < -0.3 is 10.6 Å². The average Bonchev–Trinajstić information content (AvgIpc) is 3.01. The van der Waals surface area contributed by atoms with Crippen molar-refractivity contribution in [1.82, 2.24) is 20.4 Å². The zero-order chi connectivity index (χ0) is 21.2. The summed E-state index contributed by atoms with van der Waals surface area (Å²) >= 11 is 0. The van der Waals surface area contributed by atoms with Crippen LogP contribution in [0.3, 0.4) is 0 Å². The maximum absolute atomic E-state index is 4.48. The molecule has 2 fully saturated rings. The number of rotatable bonds is 7. The van der Waals surface area contributed by atoms with Crippen LogP contribution < -0.4 is 10.6 Å². The lowest BCUT2D eigenvalue weighted by atomic mass is 10.0. The van der Waals surface area contributed by atoms with Gasteiger partial charge in [0, 0.05) is 45.8 Å². The Bertz CT molecular complexity index is 689. The monoisotopic (exact) mass is 539 g/mol. The summed E-state index contributed by atoms with van der Waals surface area (Å²) < 4.78 is 0. The Morgan fingerprint density at radius 1 is 1.00 bits per heavy atom. The maximum Gasteiger partial charge on any atom is 0.191 e. The lowest BCUT2D eigenvalue weighted by Crippen LogP contribution is -2.48. The van der Waals surface area contributed by atoms with E-state index in [1.807, 2.05) is 7.05 Å². The van der Waals surface area contributed by atoms with E-state index in [1.165, 1.54) is 55.5 Å². The number of piperidine rings is 1. The van der Waals surface area contributed by atoms with E-state index >= 15 is 0 Å². The molecule has 174 valence electrons. The first-order valence-corrected chi connectivity index (χ1v) is 11.8. The van der Waals surface area contributed by atoms with Crippen molar-refractivity contribution in [1.29, 1.82) is 0 Å². The Balaban J connectivity index is 0.00000341. The molecular formula is C25H42IN5. The van der Waals surface area contributed by atoms with E-state index in [2.05, 4.69) is 63.2 Å². The number of halogens is 1. The molecule has 0 aromatic heterocycles. The van der Waals surface area contributed by atoms with Crippen molar-refractivity contribution in [3.8, 4) is 0 Å². The van der Waals surface area contributed by atoms with Gasteiger partial charge in [0.1, 0.15) is 0 Å². The first kappa shape index (κ1) is 26.1. The van der Waals surface area contributed by atoms with Crippen molar-refractivity contribution >= 4 is 29.9 Å². The molecule has 6 heteroatoms. The third-order valence-corrected chi connectivity index (χ3v) is 6.30. The molecule has 2 aliphatic rings. The van der Waals surface area contributed by atoms with Crippen LogP contribution in [0, 0.1) is 0 Å². The van der Waals surface area contributed by atoms with Crippen molar-refractivity contribution < 1.29 is 0 Å². The molecule has 0 amide bonds. The molecule has 0 bridgehead atoms. The second-order valence-electron chi connectivity index (χ2n) is 9.04. The summed E-state index contributed by atoms with van der Waals surface area (Å²) in [5.41, 5.74) is 4.06. The summed E-state index contributed by atoms with van der Waals surface area (Å²) in [5, 5.41) is 7.20. The van der Waals surface area contributed by atoms with Gasteiger partial charge in [-0.25, -0.2) is 0 Å². The molecule has 0 radical (unpaired) electrons. The molecular weight excluding hydrogens is 497 g/mol. The molecule has 3 rings (SSSR count). The molecule has 2 N–H and O–H groups in total. The van der Waals surface area contributed by atoms with Crippen LogP contribution in [0.2, 0.25) is 0 Å². The van der Waals surface area contributed by atoms with Gasteiger partial charge in [-0.3, -0.25) is 14.8 Å². The van der Waals surface area contributed by atoms with Crippen LogP contribution in [0.5, 0.6) is 0 Å². The van der Waals surface area contributed by atoms with E-state index < -0.39 is 0 Å². The molecule has 1 aromatic carbocycles. The van der Waals surface area contributed by atoms with E-state index in [0.29, 0.717) is 6.04 Å². The van der Waals surface area contributed by atoms with Gasteiger partial charge in [-0.15, -0.1) is 24.0 Å². The summed E-state index contributed by atoms with van der Waals surface area (Å²) in [5.74, 6) is 0.915. The highest BCUT2D eigenvalue weighted by Crippen LogP contribution is 2.16. The highest BCUT2D eigenvalue weighted by molar-refractivity contribution is 14.0. The number of guanidine groups is 1.